The van der Waals surface area contributed by atoms with Crippen molar-refractivity contribution < 1.29 is 0 Å². The molecule has 4 heteroatoms. The van der Waals surface area contributed by atoms with Crippen LogP contribution < -0.4 is 0 Å². The first-order valence-electron chi connectivity index (χ1n) is 4.52. The topological polar surface area (TPSA) is 30.2 Å². The van der Waals surface area contributed by atoms with Crippen LogP contribution in [0.4, 0.5) is 0 Å². The van der Waals surface area contributed by atoms with E-state index in [9.17, 15) is 0 Å². The number of imidazole rings is 1. The zero-order valence-corrected chi connectivity index (χ0v) is 8.31. The number of hydrogen-bond donors (Lipinski definition) is 0. The van der Waals surface area contributed by atoms with Crippen LogP contribution >= 0.6 is 11.9 Å². The Morgan fingerprint density at radius 1 is 1.36 bits per heavy atom. The first-order chi connectivity index (χ1) is 6.95. The van der Waals surface area contributed by atoms with Gasteiger partial charge >= 0.3 is 0 Å². The van der Waals surface area contributed by atoms with E-state index in [-0.39, 0.29) is 0 Å². The van der Waals surface area contributed by atoms with E-state index in [0.717, 1.165) is 11.3 Å². The van der Waals surface area contributed by atoms with Gasteiger partial charge < -0.3 is 4.57 Å². The minimum absolute atomic E-state index is 0.368. The van der Waals surface area contributed by atoms with Crippen molar-refractivity contribution in [2.24, 2.45) is 4.40 Å². The average Bonchev–Trinajstić information content (AvgIpc) is 2.85. The summed E-state index contributed by atoms with van der Waals surface area (Å²) in [6.45, 7) is 0. The van der Waals surface area contributed by atoms with Gasteiger partial charge in [0.05, 0.1) is 23.4 Å². The number of fused-ring (bicyclic) bond motifs is 1. The number of rotatable bonds is 1. The van der Waals surface area contributed by atoms with Crippen molar-refractivity contribution in [2.75, 3.05) is 5.75 Å². The van der Waals surface area contributed by atoms with Crippen LogP contribution in [0.3, 0.4) is 0 Å². The molecule has 70 valence electrons. The number of para-hydroxylation sites is 2. The van der Waals surface area contributed by atoms with Gasteiger partial charge in [-0.2, -0.15) is 0 Å². The average molecular weight is 203 g/mol. The quantitative estimate of drug-likeness (QED) is 0.666. The van der Waals surface area contributed by atoms with Gasteiger partial charge in [0.2, 0.25) is 0 Å². The first-order valence-corrected chi connectivity index (χ1v) is 5.46. The zero-order chi connectivity index (χ0) is 9.38. The van der Waals surface area contributed by atoms with Crippen molar-refractivity contribution in [3.63, 3.8) is 0 Å². The molecule has 2 heterocycles. The van der Waals surface area contributed by atoms with Gasteiger partial charge in [0.15, 0.2) is 0 Å². The Balaban J connectivity index is 2.16. The SMILES string of the molecule is C1=NSCC1n1cnc2ccccc21. The van der Waals surface area contributed by atoms with Gasteiger partial charge in [-0.15, -0.1) is 0 Å². The van der Waals surface area contributed by atoms with Gasteiger partial charge in [-0.25, -0.2) is 9.38 Å². The maximum Gasteiger partial charge on any atom is 0.0964 e. The second-order valence-electron chi connectivity index (χ2n) is 3.26. The minimum Gasteiger partial charge on any atom is -0.321 e. The minimum atomic E-state index is 0.368. The lowest BCUT2D eigenvalue weighted by atomic mass is 10.3. The summed E-state index contributed by atoms with van der Waals surface area (Å²) in [5.41, 5.74) is 2.24. The van der Waals surface area contributed by atoms with Crippen LogP contribution in [-0.4, -0.2) is 21.5 Å². The van der Waals surface area contributed by atoms with Crippen LogP contribution in [-0.2, 0) is 0 Å². The maximum absolute atomic E-state index is 4.36. The van der Waals surface area contributed by atoms with Gasteiger partial charge in [-0.1, -0.05) is 12.1 Å². The van der Waals surface area contributed by atoms with Crippen LogP contribution in [0, 0.1) is 0 Å². The molecule has 0 amide bonds. The molecule has 0 aliphatic carbocycles. The van der Waals surface area contributed by atoms with Gasteiger partial charge in [0.1, 0.15) is 0 Å². The Morgan fingerprint density at radius 2 is 2.29 bits per heavy atom. The standard InChI is InChI=1S/C10H9N3S/c1-2-4-10-9(3-1)11-7-13(10)8-5-12-14-6-8/h1-5,7-8H,6H2. The predicted octanol–water partition coefficient (Wildman–Crippen LogP) is 2.31. The normalized spacial score (nSPS) is 20.7. The van der Waals surface area contributed by atoms with Crippen molar-refractivity contribution in [2.45, 2.75) is 6.04 Å². The fraction of sp³-hybridized carbons (Fsp3) is 0.200. The summed E-state index contributed by atoms with van der Waals surface area (Å²) in [5.74, 6) is 1.01. The summed E-state index contributed by atoms with van der Waals surface area (Å²) in [7, 11) is 0. The number of hydrogen-bond acceptors (Lipinski definition) is 3. The summed E-state index contributed by atoms with van der Waals surface area (Å²) >= 11 is 1.61. The Morgan fingerprint density at radius 3 is 3.14 bits per heavy atom. The van der Waals surface area contributed by atoms with E-state index in [1.165, 1.54) is 5.52 Å². The van der Waals surface area contributed by atoms with Gasteiger partial charge in [0.25, 0.3) is 0 Å². The predicted molar refractivity (Wildman–Crippen MR) is 59.7 cm³/mol. The Hall–Kier alpha value is -1.29. The van der Waals surface area contributed by atoms with Crippen LogP contribution in [0.25, 0.3) is 11.0 Å². The molecule has 1 aliphatic heterocycles. The molecule has 3 nitrogen and oxygen atoms in total. The molecule has 1 atom stereocenters. The molecular weight excluding hydrogens is 194 g/mol. The number of benzene rings is 1. The molecule has 0 saturated heterocycles. The zero-order valence-electron chi connectivity index (χ0n) is 7.50. The molecule has 3 rings (SSSR count). The highest BCUT2D eigenvalue weighted by Gasteiger charge is 2.15. The number of aromatic nitrogens is 2. The molecule has 1 aliphatic rings. The third kappa shape index (κ3) is 1.14. The van der Waals surface area contributed by atoms with E-state index in [0.29, 0.717) is 6.04 Å². The summed E-state index contributed by atoms with van der Waals surface area (Å²) in [4.78, 5) is 4.36. The molecule has 1 aromatic heterocycles. The summed E-state index contributed by atoms with van der Waals surface area (Å²) < 4.78 is 6.35. The summed E-state index contributed by atoms with van der Waals surface area (Å²) in [5, 5.41) is 0. The third-order valence-electron chi connectivity index (χ3n) is 2.39. The molecule has 1 unspecified atom stereocenters. The van der Waals surface area contributed by atoms with Crippen LogP contribution in [0.1, 0.15) is 6.04 Å². The van der Waals surface area contributed by atoms with E-state index in [4.69, 9.17) is 0 Å². The highest BCUT2D eigenvalue weighted by Crippen LogP contribution is 2.24. The van der Waals surface area contributed by atoms with E-state index in [1.54, 1.807) is 11.9 Å². The van der Waals surface area contributed by atoms with Crippen molar-refractivity contribution in [1.82, 2.24) is 9.55 Å². The Bertz CT molecular complexity index is 489. The molecule has 0 spiro atoms. The summed E-state index contributed by atoms with van der Waals surface area (Å²) in [6.07, 6.45) is 3.88. The fourth-order valence-electron chi connectivity index (χ4n) is 1.67. The molecule has 1 aromatic carbocycles. The van der Waals surface area contributed by atoms with E-state index in [1.807, 2.05) is 30.7 Å². The lowest BCUT2D eigenvalue weighted by Crippen LogP contribution is -2.08. The highest BCUT2D eigenvalue weighted by molar-refractivity contribution is 7.98. The van der Waals surface area contributed by atoms with Crippen molar-refractivity contribution >= 4 is 29.2 Å². The maximum atomic E-state index is 4.36. The first kappa shape index (κ1) is 8.05. The fourth-order valence-corrected chi connectivity index (χ4v) is 2.38. The van der Waals surface area contributed by atoms with Gasteiger partial charge in [-0.05, 0) is 24.1 Å². The molecule has 0 radical (unpaired) electrons. The van der Waals surface area contributed by atoms with Crippen molar-refractivity contribution in [1.29, 1.82) is 0 Å². The molecule has 0 fully saturated rings. The Kier molecular flexibility index (Phi) is 1.80. The number of nitrogens with zero attached hydrogens (tertiary/aromatic N) is 3. The van der Waals surface area contributed by atoms with Gasteiger partial charge in [0, 0.05) is 12.0 Å². The van der Waals surface area contributed by atoms with Crippen molar-refractivity contribution in [3.05, 3.63) is 30.6 Å². The van der Waals surface area contributed by atoms with Gasteiger partial charge in [-0.3, -0.25) is 0 Å². The highest BCUT2D eigenvalue weighted by atomic mass is 32.2. The summed E-state index contributed by atoms with van der Waals surface area (Å²) in [6, 6.07) is 8.55. The lowest BCUT2D eigenvalue weighted by Gasteiger charge is -2.07. The monoisotopic (exact) mass is 203 g/mol. The molecule has 0 saturated carbocycles. The van der Waals surface area contributed by atoms with Crippen LogP contribution in [0.2, 0.25) is 0 Å². The van der Waals surface area contributed by atoms with E-state index in [2.05, 4.69) is 20.0 Å². The molecule has 0 N–H and O–H groups in total. The lowest BCUT2D eigenvalue weighted by molar-refractivity contribution is 0.747. The Labute approximate surface area is 86.0 Å². The van der Waals surface area contributed by atoms with Crippen LogP contribution in [0.5, 0.6) is 0 Å². The molecule has 0 bridgehead atoms. The van der Waals surface area contributed by atoms with Crippen molar-refractivity contribution in [3.8, 4) is 0 Å². The second kappa shape index (κ2) is 3.13. The van der Waals surface area contributed by atoms with Crippen LogP contribution in [0.15, 0.2) is 35.0 Å². The van der Waals surface area contributed by atoms with E-state index < -0.39 is 0 Å². The second-order valence-corrected chi connectivity index (χ2v) is 4.06. The van der Waals surface area contributed by atoms with E-state index >= 15 is 0 Å². The smallest absolute Gasteiger partial charge is 0.0964 e. The molecular formula is C10H9N3S. The molecule has 2 aromatic rings. The molecule has 14 heavy (non-hydrogen) atoms. The third-order valence-corrected chi connectivity index (χ3v) is 3.15. The largest absolute Gasteiger partial charge is 0.321 e.